The van der Waals surface area contributed by atoms with Gasteiger partial charge in [-0.15, -0.1) is 0 Å². The topological polar surface area (TPSA) is 88.9 Å². The van der Waals surface area contributed by atoms with Crippen molar-refractivity contribution in [3.8, 4) is 5.75 Å². The van der Waals surface area contributed by atoms with Gasteiger partial charge in [-0.2, -0.15) is 0 Å². The summed E-state index contributed by atoms with van der Waals surface area (Å²) < 4.78 is 10.4. The van der Waals surface area contributed by atoms with E-state index < -0.39 is 17.2 Å². The number of nitrogens with zero attached hydrogens (tertiary/aromatic N) is 1. The second-order valence-corrected chi connectivity index (χ2v) is 7.54. The number of carbonyl (C=O) groups is 2. The molecule has 1 aromatic heterocycles. The van der Waals surface area contributed by atoms with Crippen LogP contribution in [-0.4, -0.2) is 29.5 Å². The van der Waals surface area contributed by atoms with Crippen molar-refractivity contribution >= 4 is 22.9 Å². The third-order valence-corrected chi connectivity index (χ3v) is 4.93. The number of fused-ring (bicyclic) bond motifs is 1. The highest BCUT2D eigenvalue weighted by Gasteiger charge is 2.47. The van der Waals surface area contributed by atoms with Crippen LogP contribution in [0.5, 0.6) is 5.75 Å². The van der Waals surface area contributed by atoms with E-state index in [0.717, 1.165) is 6.42 Å². The lowest BCUT2D eigenvalue weighted by Gasteiger charge is -2.22. The molecule has 7 heteroatoms. The Labute approximate surface area is 157 Å². The van der Waals surface area contributed by atoms with E-state index in [9.17, 15) is 14.4 Å². The minimum Gasteiger partial charge on any atom is -0.497 e. The molecule has 1 saturated heterocycles. The van der Waals surface area contributed by atoms with E-state index in [1.807, 2.05) is 0 Å². The molecular weight excluding hydrogens is 348 g/mol. The molecule has 1 fully saturated rings. The van der Waals surface area contributed by atoms with Crippen molar-refractivity contribution in [2.24, 2.45) is 5.92 Å². The molecule has 0 unspecified atom stereocenters. The molecule has 0 spiro atoms. The van der Waals surface area contributed by atoms with E-state index in [0.29, 0.717) is 34.6 Å². The molecule has 1 aliphatic heterocycles. The first kappa shape index (κ1) is 18.9. The van der Waals surface area contributed by atoms with Crippen molar-refractivity contribution in [2.45, 2.75) is 45.7 Å². The van der Waals surface area contributed by atoms with E-state index in [-0.39, 0.29) is 12.5 Å². The molecule has 7 nitrogen and oxygen atoms in total. The molecule has 144 valence electrons. The first-order chi connectivity index (χ1) is 12.7. The lowest BCUT2D eigenvalue weighted by molar-refractivity contribution is -0.131. The highest BCUT2D eigenvalue weighted by atomic mass is 16.5. The molecule has 3 rings (SSSR count). The minimum atomic E-state index is -0.917. The molecule has 27 heavy (non-hydrogen) atoms. The van der Waals surface area contributed by atoms with Gasteiger partial charge in [-0.05, 0) is 43.4 Å². The van der Waals surface area contributed by atoms with Crippen LogP contribution in [0.1, 0.15) is 39.2 Å². The van der Waals surface area contributed by atoms with Gasteiger partial charge in [0.15, 0.2) is 0 Å². The number of urea groups is 1. The van der Waals surface area contributed by atoms with E-state index in [1.54, 1.807) is 25.1 Å². The van der Waals surface area contributed by atoms with Gasteiger partial charge in [0.1, 0.15) is 16.9 Å². The van der Waals surface area contributed by atoms with Crippen molar-refractivity contribution in [2.75, 3.05) is 7.11 Å². The van der Waals surface area contributed by atoms with Crippen LogP contribution in [0.25, 0.3) is 11.0 Å². The lowest BCUT2D eigenvalue weighted by Crippen LogP contribution is -2.44. The van der Waals surface area contributed by atoms with Gasteiger partial charge in [-0.3, -0.25) is 9.69 Å². The zero-order valence-corrected chi connectivity index (χ0v) is 16.0. The predicted octanol–water partition coefficient (Wildman–Crippen LogP) is 3.05. The number of methoxy groups -OCH3 is 1. The van der Waals surface area contributed by atoms with Crippen molar-refractivity contribution in [1.82, 2.24) is 10.2 Å². The van der Waals surface area contributed by atoms with Crippen LogP contribution in [0.3, 0.4) is 0 Å². The summed E-state index contributed by atoms with van der Waals surface area (Å²) in [5.74, 6) is 0.709. The van der Waals surface area contributed by atoms with Gasteiger partial charge in [-0.1, -0.05) is 13.8 Å². The fourth-order valence-corrected chi connectivity index (χ4v) is 3.28. The summed E-state index contributed by atoms with van der Waals surface area (Å²) in [4.78, 5) is 38.4. The Kier molecular flexibility index (Phi) is 4.95. The number of amides is 3. The quantitative estimate of drug-likeness (QED) is 0.622. The highest BCUT2D eigenvalue weighted by Crippen LogP contribution is 2.28. The zero-order valence-electron chi connectivity index (χ0n) is 16.0. The van der Waals surface area contributed by atoms with E-state index >= 15 is 0 Å². The van der Waals surface area contributed by atoms with Gasteiger partial charge in [-0.25, -0.2) is 9.59 Å². The number of benzene rings is 1. The largest absolute Gasteiger partial charge is 0.497 e. The Balaban J connectivity index is 1.92. The first-order valence-corrected chi connectivity index (χ1v) is 8.98. The summed E-state index contributed by atoms with van der Waals surface area (Å²) in [6, 6.07) is 5.98. The number of imide groups is 1. The maximum Gasteiger partial charge on any atom is 0.336 e. The van der Waals surface area contributed by atoms with Crippen LogP contribution >= 0.6 is 0 Å². The third-order valence-electron chi connectivity index (χ3n) is 4.93. The van der Waals surface area contributed by atoms with Crippen molar-refractivity contribution < 1.29 is 18.7 Å². The summed E-state index contributed by atoms with van der Waals surface area (Å²) in [5, 5.41) is 3.46. The Morgan fingerprint density at radius 2 is 1.96 bits per heavy atom. The molecule has 1 aliphatic rings. The van der Waals surface area contributed by atoms with Gasteiger partial charge in [0.25, 0.3) is 5.91 Å². The second kappa shape index (κ2) is 7.06. The van der Waals surface area contributed by atoms with E-state index in [1.165, 1.54) is 18.1 Å². The van der Waals surface area contributed by atoms with Gasteiger partial charge < -0.3 is 14.5 Å². The summed E-state index contributed by atoms with van der Waals surface area (Å²) >= 11 is 0. The Morgan fingerprint density at radius 1 is 1.22 bits per heavy atom. The molecule has 0 saturated carbocycles. The molecule has 0 bridgehead atoms. The van der Waals surface area contributed by atoms with Crippen molar-refractivity contribution in [1.29, 1.82) is 0 Å². The molecule has 1 N–H and O–H groups in total. The summed E-state index contributed by atoms with van der Waals surface area (Å²) in [5.41, 5.74) is -0.549. The van der Waals surface area contributed by atoms with Crippen LogP contribution in [0.15, 0.2) is 33.5 Å². The second-order valence-electron chi connectivity index (χ2n) is 7.54. The molecule has 0 radical (unpaired) electrons. The maximum absolute atomic E-state index is 12.9. The molecule has 1 aromatic carbocycles. The Morgan fingerprint density at radius 3 is 2.63 bits per heavy atom. The summed E-state index contributed by atoms with van der Waals surface area (Å²) in [6.07, 6.45) is 1.40. The fraction of sp³-hybridized carbons (Fsp3) is 0.450. The van der Waals surface area contributed by atoms with E-state index in [2.05, 4.69) is 19.2 Å². The van der Waals surface area contributed by atoms with Crippen LogP contribution in [-0.2, 0) is 11.3 Å². The SMILES string of the molecule is COc1ccc2c(CN3C(=O)N[C@](C)(CCC(C)C)C3=O)cc(=O)oc2c1. The third kappa shape index (κ3) is 3.67. The monoisotopic (exact) mass is 372 g/mol. The maximum atomic E-state index is 12.9. The summed E-state index contributed by atoms with van der Waals surface area (Å²) in [6.45, 7) is 5.91. The highest BCUT2D eigenvalue weighted by molar-refractivity contribution is 6.06. The number of hydrogen-bond acceptors (Lipinski definition) is 5. The molecule has 1 atom stereocenters. The smallest absolute Gasteiger partial charge is 0.336 e. The van der Waals surface area contributed by atoms with Gasteiger partial charge in [0, 0.05) is 17.5 Å². The van der Waals surface area contributed by atoms with Crippen LogP contribution in [0, 0.1) is 5.92 Å². The molecule has 2 heterocycles. The van der Waals surface area contributed by atoms with Crippen LogP contribution in [0.2, 0.25) is 0 Å². The molecule has 3 amide bonds. The average molecular weight is 372 g/mol. The normalized spacial score (nSPS) is 19.8. The molecular formula is C20H24N2O5. The number of hydrogen-bond donors (Lipinski definition) is 1. The minimum absolute atomic E-state index is 0.0103. The van der Waals surface area contributed by atoms with Crippen LogP contribution in [0.4, 0.5) is 4.79 Å². The number of rotatable bonds is 6. The molecule has 0 aliphatic carbocycles. The first-order valence-electron chi connectivity index (χ1n) is 8.98. The van der Waals surface area contributed by atoms with Gasteiger partial charge in [0.05, 0.1) is 13.7 Å². The van der Waals surface area contributed by atoms with Crippen LogP contribution < -0.4 is 15.7 Å². The number of carbonyl (C=O) groups excluding carboxylic acids is 2. The Bertz CT molecular complexity index is 949. The van der Waals surface area contributed by atoms with Crippen molar-refractivity contribution in [3.63, 3.8) is 0 Å². The van der Waals surface area contributed by atoms with E-state index in [4.69, 9.17) is 9.15 Å². The average Bonchev–Trinajstić information content (AvgIpc) is 2.83. The van der Waals surface area contributed by atoms with Gasteiger partial charge in [0.2, 0.25) is 0 Å². The molecule has 2 aromatic rings. The Hall–Kier alpha value is -2.83. The number of ether oxygens (including phenoxy) is 1. The fourth-order valence-electron chi connectivity index (χ4n) is 3.28. The standard InChI is InChI=1S/C20H24N2O5/c1-12(2)7-8-20(3)18(24)22(19(25)21-20)11-13-9-17(23)27-16-10-14(26-4)5-6-15(13)16/h5-6,9-10,12H,7-8,11H2,1-4H3,(H,21,25)/t20-/m1/s1. The number of nitrogens with one attached hydrogen (secondary N) is 1. The lowest BCUT2D eigenvalue weighted by atomic mass is 9.92. The zero-order chi connectivity index (χ0) is 19.8. The van der Waals surface area contributed by atoms with Gasteiger partial charge >= 0.3 is 11.7 Å². The predicted molar refractivity (Wildman–Crippen MR) is 101 cm³/mol. The van der Waals surface area contributed by atoms with Crippen molar-refractivity contribution in [3.05, 3.63) is 40.2 Å². The summed E-state index contributed by atoms with van der Waals surface area (Å²) in [7, 11) is 1.52.